The largest absolute Gasteiger partial charge is 0.379 e. The number of hydrogen-bond donors (Lipinski definition) is 1. The number of aromatic nitrogens is 2. The Labute approximate surface area is 126 Å². The van der Waals surface area contributed by atoms with Crippen LogP contribution in [-0.4, -0.2) is 14.9 Å². The summed E-state index contributed by atoms with van der Waals surface area (Å²) >= 11 is 9.47. The first-order chi connectivity index (χ1) is 8.84. The predicted molar refractivity (Wildman–Crippen MR) is 80.4 cm³/mol. The van der Waals surface area contributed by atoms with E-state index in [1.807, 2.05) is 30.7 Å². The van der Waals surface area contributed by atoms with Gasteiger partial charge in [-0.05, 0) is 54.4 Å². The SMILES string of the molecule is CC(C)n1ncc(Br)c1C(C)(O)c1cccc(Cl)c1. The van der Waals surface area contributed by atoms with E-state index in [0.29, 0.717) is 5.02 Å². The second kappa shape index (κ2) is 5.27. The molecule has 0 aliphatic heterocycles. The normalized spacial score (nSPS) is 14.7. The maximum absolute atomic E-state index is 10.9. The van der Waals surface area contributed by atoms with Crippen molar-refractivity contribution in [1.82, 2.24) is 9.78 Å². The van der Waals surface area contributed by atoms with Gasteiger partial charge in [-0.2, -0.15) is 5.10 Å². The van der Waals surface area contributed by atoms with Gasteiger partial charge in [0.2, 0.25) is 0 Å². The van der Waals surface area contributed by atoms with E-state index in [4.69, 9.17) is 11.6 Å². The summed E-state index contributed by atoms with van der Waals surface area (Å²) in [6.07, 6.45) is 1.70. The first-order valence-corrected chi connectivity index (χ1v) is 7.23. The summed E-state index contributed by atoms with van der Waals surface area (Å²) < 4.78 is 2.59. The Hall–Kier alpha value is -0.840. The molecule has 2 rings (SSSR count). The summed E-state index contributed by atoms with van der Waals surface area (Å²) in [5.41, 5.74) is 0.303. The molecule has 0 fully saturated rings. The molecule has 1 aromatic heterocycles. The monoisotopic (exact) mass is 342 g/mol. The third-order valence-electron chi connectivity index (χ3n) is 3.09. The number of rotatable bonds is 3. The molecule has 0 spiro atoms. The zero-order valence-electron chi connectivity index (χ0n) is 11.1. The minimum Gasteiger partial charge on any atom is -0.379 e. The highest BCUT2D eigenvalue weighted by atomic mass is 79.9. The van der Waals surface area contributed by atoms with Crippen molar-refractivity contribution in [3.05, 3.63) is 51.2 Å². The lowest BCUT2D eigenvalue weighted by Crippen LogP contribution is -2.28. The Morgan fingerprint density at radius 1 is 1.42 bits per heavy atom. The van der Waals surface area contributed by atoms with Crippen LogP contribution in [0.3, 0.4) is 0 Å². The van der Waals surface area contributed by atoms with E-state index in [0.717, 1.165) is 15.7 Å². The highest BCUT2D eigenvalue weighted by molar-refractivity contribution is 9.10. The molecule has 0 saturated carbocycles. The number of hydrogen-bond acceptors (Lipinski definition) is 2. The third-order valence-corrected chi connectivity index (χ3v) is 3.90. The summed E-state index contributed by atoms with van der Waals surface area (Å²) in [5, 5.41) is 15.8. The van der Waals surface area contributed by atoms with E-state index in [2.05, 4.69) is 21.0 Å². The van der Waals surface area contributed by atoms with Crippen LogP contribution >= 0.6 is 27.5 Å². The van der Waals surface area contributed by atoms with Gasteiger partial charge in [0.1, 0.15) is 5.60 Å². The molecule has 0 amide bonds. The molecule has 1 unspecified atom stereocenters. The predicted octanol–water partition coefficient (Wildman–Crippen LogP) is 4.14. The lowest BCUT2D eigenvalue weighted by atomic mass is 9.92. The fourth-order valence-corrected chi connectivity index (χ4v) is 2.97. The van der Waals surface area contributed by atoms with Gasteiger partial charge in [-0.3, -0.25) is 4.68 Å². The first kappa shape index (κ1) is 14.6. The van der Waals surface area contributed by atoms with Crippen LogP contribution < -0.4 is 0 Å². The summed E-state index contributed by atoms with van der Waals surface area (Å²) in [5.74, 6) is 0. The highest BCUT2D eigenvalue weighted by Crippen LogP contribution is 2.36. The summed E-state index contributed by atoms with van der Waals surface area (Å²) in [6, 6.07) is 7.40. The van der Waals surface area contributed by atoms with E-state index in [1.54, 1.807) is 25.3 Å². The van der Waals surface area contributed by atoms with Crippen LogP contribution in [0.4, 0.5) is 0 Å². The van der Waals surface area contributed by atoms with Gasteiger partial charge in [0, 0.05) is 11.1 Å². The topological polar surface area (TPSA) is 38.0 Å². The Bertz CT molecular complexity index is 593. The van der Waals surface area contributed by atoms with Gasteiger partial charge in [-0.1, -0.05) is 23.7 Å². The van der Waals surface area contributed by atoms with Crippen LogP contribution in [0.25, 0.3) is 0 Å². The van der Waals surface area contributed by atoms with Crippen molar-refractivity contribution in [3.8, 4) is 0 Å². The van der Waals surface area contributed by atoms with Crippen LogP contribution in [0, 0.1) is 0 Å². The molecule has 3 nitrogen and oxygen atoms in total. The van der Waals surface area contributed by atoms with Gasteiger partial charge in [0.25, 0.3) is 0 Å². The molecule has 2 aromatic rings. The molecule has 1 atom stereocenters. The zero-order valence-corrected chi connectivity index (χ0v) is 13.4. The molecule has 0 radical (unpaired) electrons. The molecule has 5 heteroatoms. The Morgan fingerprint density at radius 2 is 2.11 bits per heavy atom. The molecule has 102 valence electrons. The quantitative estimate of drug-likeness (QED) is 0.909. The van der Waals surface area contributed by atoms with Crippen LogP contribution in [0.5, 0.6) is 0 Å². The molecule has 1 heterocycles. The van der Waals surface area contributed by atoms with Crippen LogP contribution in [-0.2, 0) is 5.60 Å². The molecule has 0 aliphatic carbocycles. The molecule has 0 bridgehead atoms. The van der Waals surface area contributed by atoms with Gasteiger partial charge in [-0.15, -0.1) is 0 Å². The molecular weight excluding hydrogens is 328 g/mol. The average molecular weight is 344 g/mol. The molecule has 1 aromatic carbocycles. The van der Waals surface area contributed by atoms with Crippen molar-refractivity contribution >= 4 is 27.5 Å². The Kier molecular flexibility index (Phi) is 4.04. The fraction of sp³-hybridized carbons (Fsp3) is 0.357. The van der Waals surface area contributed by atoms with E-state index in [9.17, 15) is 5.11 Å². The van der Waals surface area contributed by atoms with Gasteiger partial charge < -0.3 is 5.11 Å². The van der Waals surface area contributed by atoms with E-state index in [1.165, 1.54) is 0 Å². The zero-order chi connectivity index (χ0) is 14.2. The maximum atomic E-state index is 10.9. The smallest absolute Gasteiger partial charge is 0.130 e. The van der Waals surface area contributed by atoms with E-state index in [-0.39, 0.29) is 6.04 Å². The fourth-order valence-electron chi connectivity index (χ4n) is 2.12. The first-order valence-electron chi connectivity index (χ1n) is 6.06. The van der Waals surface area contributed by atoms with E-state index >= 15 is 0 Å². The Morgan fingerprint density at radius 3 is 2.68 bits per heavy atom. The van der Waals surface area contributed by atoms with Gasteiger partial charge in [-0.25, -0.2) is 0 Å². The number of benzene rings is 1. The third kappa shape index (κ3) is 2.71. The van der Waals surface area contributed by atoms with Crippen LogP contribution in [0.15, 0.2) is 34.9 Å². The van der Waals surface area contributed by atoms with Gasteiger partial charge in [0.15, 0.2) is 0 Å². The number of nitrogens with zero attached hydrogens (tertiary/aromatic N) is 2. The van der Waals surface area contributed by atoms with Crippen molar-refractivity contribution in [2.24, 2.45) is 0 Å². The van der Waals surface area contributed by atoms with Crippen LogP contribution in [0.2, 0.25) is 5.02 Å². The van der Waals surface area contributed by atoms with Crippen molar-refractivity contribution < 1.29 is 5.11 Å². The molecule has 0 aliphatic rings. The molecule has 1 N–H and O–H groups in total. The second-order valence-corrected chi connectivity index (χ2v) is 6.25. The number of halogens is 2. The minimum atomic E-state index is -1.16. The van der Waals surface area contributed by atoms with Crippen molar-refractivity contribution in [2.75, 3.05) is 0 Å². The summed E-state index contributed by atoms with van der Waals surface area (Å²) in [7, 11) is 0. The summed E-state index contributed by atoms with van der Waals surface area (Å²) in [6.45, 7) is 5.80. The molecule has 0 saturated heterocycles. The summed E-state index contributed by atoms with van der Waals surface area (Å²) in [4.78, 5) is 0. The van der Waals surface area contributed by atoms with Crippen LogP contribution in [0.1, 0.15) is 38.1 Å². The van der Waals surface area contributed by atoms with Crippen molar-refractivity contribution in [1.29, 1.82) is 0 Å². The van der Waals surface area contributed by atoms with Crippen molar-refractivity contribution in [2.45, 2.75) is 32.4 Å². The van der Waals surface area contributed by atoms with E-state index < -0.39 is 5.60 Å². The number of aliphatic hydroxyl groups is 1. The van der Waals surface area contributed by atoms with Gasteiger partial charge >= 0.3 is 0 Å². The lowest BCUT2D eigenvalue weighted by Gasteiger charge is -2.27. The van der Waals surface area contributed by atoms with Gasteiger partial charge in [0.05, 0.1) is 16.4 Å². The standard InChI is InChI=1S/C14H16BrClN2O/c1-9(2)18-13(12(15)8-17-18)14(3,19)10-5-4-6-11(16)7-10/h4-9,19H,1-3H3. The van der Waals surface area contributed by atoms with Crippen molar-refractivity contribution in [3.63, 3.8) is 0 Å². The second-order valence-electron chi connectivity index (χ2n) is 4.96. The minimum absolute atomic E-state index is 0.159. The Balaban J connectivity index is 2.59. The highest BCUT2D eigenvalue weighted by Gasteiger charge is 2.32. The lowest BCUT2D eigenvalue weighted by molar-refractivity contribution is 0.0892. The maximum Gasteiger partial charge on any atom is 0.130 e. The molecular formula is C14H16BrClN2O. The average Bonchev–Trinajstić information content (AvgIpc) is 2.72. The molecule has 19 heavy (non-hydrogen) atoms.